The van der Waals surface area contributed by atoms with E-state index in [0.29, 0.717) is 11.3 Å². The number of carbonyl (C=O) groups excluding carboxylic acids is 1. The van der Waals surface area contributed by atoms with Crippen LogP contribution in [0, 0.1) is 10.1 Å². The molecule has 2 aromatic rings. The monoisotopic (exact) mass is 260 g/mol. The summed E-state index contributed by atoms with van der Waals surface area (Å²) in [6, 6.07) is 5.99. The zero-order valence-corrected chi connectivity index (χ0v) is 9.52. The maximum Gasteiger partial charge on any atom is 0.322 e. The summed E-state index contributed by atoms with van der Waals surface area (Å²) in [5.41, 5.74) is 5.21. The van der Waals surface area contributed by atoms with Crippen LogP contribution < -0.4 is 10.5 Å². The highest BCUT2D eigenvalue weighted by atomic mass is 16.6. The number of hydrogen-bond donors (Lipinski definition) is 1. The van der Waals surface area contributed by atoms with Crippen LogP contribution in [-0.4, -0.2) is 20.8 Å². The Kier molecular flexibility index (Phi) is 3.33. The van der Waals surface area contributed by atoms with Gasteiger partial charge in [0.2, 0.25) is 5.91 Å². The molecule has 2 rings (SSSR count). The molecule has 2 N–H and O–H groups in total. The molecule has 0 aliphatic rings. The third-order valence-electron chi connectivity index (χ3n) is 2.17. The van der Waals surface area contributed by atoms with Gasteiger partial charge in [-0.05, 0) is 24.3 Å². The van der Waals surface area contributed by atoms with E-state index in [2.05, 4.69) is 9.97 Å². The lowest BCUT2D eigenvalue weighted by atomic mass is 10.2. The molecule has 0 radical (unpaired) electrons. The van der Waals surface area contributed by atoms with E-state index in [4.69, 9.17) is 10.5 Å². The van der Waals surface area contributed by atoms with Gasteiger partial charge in [-0.25, -0.2) is 0 Å². The molecule has 0 atom stereocenters. The molecule has 96 valence electrons. The molecular formula is C11H8N4O4. The van der Waals surface area contributed by atoms with E-state index in [1.165, 1.54) is 24.3 Å². The van der Waals surface area contributed by atoms with Crippen molar-refractivity contribution in [3.05, 3.63) is 52.3 Å². The molecule has 0 spiro atoms. The lowest BCUT2D eigenvalue weighted by Crippen LogP contribution is -2.10. The molecule has 1 amide bonds. The second kappa shape index (κ2) is 5.08. The Balaban J connectivity index is 2.12. The van der Waals surface area contributed by atoms with Crippen LogP contribution in [-0.2, 0) is 0 Å². The highest BCUT2D eigenvalue weighted by Gasteiger charge is 2.08. The van der Waals surface area contributed by atoms with Gasteiger partial charge in [0.1, 0.15) is 18.1 Å². The summed E-state index contributed by atoms with van der Waals surface area (Å²) in [5.74, 6) is -0.156. The Bertz CT molecular complexity index is 554. The topological polar surface area (TPSA) is 121 Å². The van der Waals surface area contributed by atoms with Gasteiger partial charge < -0.3 is 10.5 Å². The minimum atomic E-state index is -0.606. The molecule has 8 heteroatoms. The summed E-state index contributed by atoms with van der Waals surface area (Å²) in [7, 11) is 0. The molecule has 0 bridgehead atoms. The van der Waals surface area contributed by atoms with Crippen LogP contribution in [0.5, 0.6) is 11.8 Å². The van der Waals surface area contributed by atoms with Crippen molar-refractivity contribution in [1.29, 1.82) is 0 Å². The molecule has 1 heterocycles. The van der Waals surface area contributed by atoms with Gasteiger partial charge in [0.25, 0.3) is 0 Å². The van der Waals surface area contributed by atoms with E-state index in [9.17, 15) is 14.9 Å². The second-order valence-electron chi connectivity index (χ2n) is 3.47. The first-order chi connectivity index (χ1) is 9.06. The Morgan fingerprint density at radius 3 is 2.26 bits per heavy atom. The maximum absolute atomic E-state index is 10.9. The Morgan fingerprint density at radius 1 is 1.21 bits per heavy atom. The highest BCUT2D eigenvalue weighted by molar-refractivity contribution is 5.92. The van der Waals surface area contributed by atoms with Gasteiger partial charge in [0.15, 0.2) is 0 Å². The van der Waals surface area contributed by atoms with Crippen molar-refractivity contribution < 1.29 is 14.5 Å². The SMILES string of the molecule is NC(=O)c1ccc(Oc2ncc([N+](=O)[O-])cn2)cc1. The number of aromatic nitrogens is 2. The summed E-state index contributed by atoms with van der Waals surface area (Å²) in [6.07, 6.45) is 2.08. The van der Waals surface area contributed by atoms with Crippen LogP contribution in [0.15, 0.2) is 36.7 Å². The smallest absolute Gasteiger partial charge is 0.322 e. The number of hydrogen-bond acceptors (Lipinski definition) is 6. The summed E-state index contributed by atoms with van der Waals surface area (Å²) >= 11 is 0. The number of benzene rings is 1. The molecule has 0 aliphatic carbocycles. The van der Waals surface area contributed by atoms with Crippen LogP contribution in [0.3, 0.4) is 0 Å². The third kappa shape index (κ3) is 3.00. The molecule has 1 aromatic heterocycles. The quantitative estimate of drug-likeness (QED) is 0.652. The fraction of sp³-hybridized carbons (Fsp3) is 0. The normalized spacial score (nSPS) is 9.89. The molecule has 19 heavy (non-hydrogen) atoms. The molecule has 0 aliphatic heterocycles. The van der Waals surface area contributed by atoms with Crippen molar-refractivity contribution in [2.24, 2.45) is 5.73 Å². The van der Waals surface area contributed by atoms with Gasteiger partial charge in [-0.2, -0.15) is 9.97 Å². The summed E-state index contributed by atoms with van der Waals surface area (Å²) < 4.78 is 5.25. The predicted molar refractivity (Wildman–Crippen MR) is 63.7 cm³/mol. The lowest BCUT2D eigenvalue weighted by Gasteiger charge is -2.03. The van der Waals surface area contributed by atoms with E-state index in [-0.39, 0.29) is 11.7 Å². The number of primary amides is 1. The predicted octanol–water partition coefficient (Wildman–Crippen LogP) is 1.28. The van der Waals surface area contributed by atoms with Crippen molar-refractivity contribution in [3.8, 4) is 11.8 Å². The number of nitrogens with two attached hydrogens (primary N) is 1. The highest BCUT2D eigenvalue weighted by Crippen LogP contribution is 2.19. The summed E-state index contributed by atoms with van der Waals surface area (Å²) in [6.45, 7) is 0. The van der Waals surface area contributed by atoms with Crippen LogP contribution >= 0.6 is 0 Å². The van der Waals surface area contributed by atoms with Crippen molar-refractivity contribution in [2.45, 2.75) is 0 Å². The van der Waals surface area contributed by atoms with E-state index in [1.807, 2.05) is 0 Å². The molecule has 8 nitrogen and oxygen atoms in total. The average molecular weight is 260 g/mol. The summed E-state index contributed by atoms with van der Waals surface area (Å²) in [5, 5.41) is 10.4. The van der Waals surface area contributed by atoms with Gasteiger partial charge in [0.05, 0.1) is 4.92 Å². The molecule has 0 fully saturated rings. The average Bonchev–Trinajstić information content (AvgIpc) is 2.40. The van der Waals surface area contributed by atoms with Crippen LogP contribution in [0.2, 0.25) is 0 Å². The van der Waals surface area contributed by atoms with Crippen LogP contribution in [0.25, 0.3) is 0 Å². The standard InChI is InChI=1S/C11H8N4O4/c12-10(16)7-1-3-9(4-2-7)19-11-13-5-8(6-14-11)15(17)18/h1-6H,(H2,12,16). The van der Waals surface area contributed by atoms with Crippen molar-refractivity contribution in [3.63, 3.8) is 0 Å². The Hall–Kier alpha value is -3.03. The fourth-order valence-corrected chi connectivity index (χ4v) is 1.25. The van der Waals surface area contributed by atoms with Crippen molar-refractivity contribution >= 4 is 11.6 Å². The van der Waals surface area contributed by atoms with E-state index >= 15 is 0 Å². The zero-order chi connectivity index (χ0) is 13.8. The number of rotatable bonds is 4. The molecular weight excluding hydrogens is 252 g/mol. The largest absolute Gasteiger partial charge is 0.424 e. The van der Waals surface area contributed by atoms with Crippen molar-refractivity contribution in [1.82, 2.24) is 9.97 Å². The van der Waals surface area contributed by atoms with E-state index in [0.717, 1.165) is 12.4 Å². The number of carbonyl (C=O) groups is 1. The maximum atomic E-state index is 10.9. The first kappa shape index (κ1) is 12.4. The number of amides is 1. The third-order valence-corrected chi connectivity index (χ3v) is 2.17. The Morgan fingerprint density at radius 2 is 1.79 bits per heavy atom. The second-order valence-corrected chi connectivity index (χ2v) is 3.47. The number of ether oxygens (including phenoxy) is 1. The van der Waals surface area contributed by atoms with Gasteiger partial charge >= 0.3 is 11.7 Å². The van der Waals surface area contributed by atoms with Crippen molar-refractivity contribution in [2.75, 3.05) is 0 Å². The van der Waals surface area contributed by atoms with Gasteiger partial charge in [-0.3, -0.25) is 14.9 Å². The molecule has 0 saturated carbocycles. The first-order valence-corrected chi connectivity index (χ1v) is 5.10. The minimum Gasteiger partial charge on any atom is -0.424 e. The van der Waals surface area contributed by atoms with E-state index in [1.54, 1.807) is 0 Å². The first-order valence-electron chi connectivity index (χ1n) is 5.10. The van der Waals surface area contributed by atoms with Crippen LogP contribution in [0.1, 0.15) is 10.4 Å². The molecule has 1 aromatic carbocycles. The summed E-state index contributed by atoms with van der Waals surface area (Å²) in [4.78, 5) is 28.0. The van der Waals surface area contributed by atoms with Gasteiger partial charge in [-0.1, -0.05) is 0 Å². The Labute approximate surface area is 107 Å². The van der Waals surface area contributed by atoms with Gasteiger partial charge in [-0.15, -0.1) is 0 Å². The molecule has 0 unspecified atom stereocenters. The lowest BCUT2D eigenvalue weighted by molar-refractivity contribution is -0.385. The number of nitro groups is 1. The van der Waals surface area contributed by atoms with Gasteiger partial charge in [0, 0.05) is 5.56 Å². The zero-order valence-electron chi connectivity index (χ0n) is 9.52. The molecule has 0 saturated heterocycles. The number of nitrogens with zero attached hydrogens (tertiary/aromatic N) is 3. The van der Waals surface area contributed by atoms with Crippen LogP contribution in [0.4, 0.5) is 5.69 Å². The fourth-order valence-electron chi connectivity index (χ4n) is 1.25. The minimum absolute atomic E-state index is 0.0302. The van der Waals surface area contributed by atoms with E-state index < -0.39 is 10.8 Å².